The number of rotatable bonds is 5. The van der Waals surface area contributed by atoms with Crippen LogP contribution in [-0.4, -0.2) is 88.7 Å². The Bertz CT molecular complexity index is 744. The van der Waals surface area contributed by atoms with Gasteiger partial charge in [0.25, 0.3) is 0 Å². The number of carbonyl (C=O) groups is 2. The molecule has 2 fully saturated rings. The lowest BCUT2D eigenvalue weighted by Gasteiger charge is -2.42. The fourth-order valence-corrected chi connectivity index (χ4v) is 4.12. The molecule has 3 aliphatic heterocycles. The highest BCUT2D eigenvalue weighted by Crippen LogP contribution is 2.49. The van der Waals surface area contributed by atoms with E-state index >= 15 is 0 Å². The van der Waals surface area contributed by atoms with Gasteiger partial charge in [-0.25, -0.2) is 4.79 Å². The number of esters is 2. The number of aliphatic hydroxyl groups excluding tert-OH is 4. The van der Waals surface area contributed by atoms with Crippen molar-refractivity contribution in [1.29, 1.82) is 0 Å². The van der Waals surface area contributed by atoms with Crippen molar-refractivity contribution in [3.05, 3.63) is 23.5 Å². The molecule has 11 heteroatoms. The quantitative estimate of drug-likeness (QED) is 0.283. The molecule has 0 radical (unpaired) electrons. The van der Waals surface area contributed by atoms with Crippen LogP contribution in [0.4, 0.5) is 0 Å². The number of ether oxygens (including phenoxy) is 5. The van der Waals surface area contributed by atoms with Crippen LogP contribution >= 0.6 is 0 Å². The molecule has 3 heterocycles. The molecule has 0 amide bonds. The van der Waals surface area contributed by atoms with Gasteiger partial charge in [-0.3, -0.25) is 4.79 Å². The largest absolute Gasteiger partial charge is 0.471 e. The molecule has 0 saturated carbocycles. The second-order valence-corrected chi connectivity index (χ2v) is 7.35. The molecule has 0 aromatic rings. The van der Waals surface area contributed by atoms with E-state index in [4.69, 9.17) is 23.7 Å². The molecule has 0 unspecified atom stereocenters. The molecule has 0 bridgehead atoms. The number of carbonyl (C=O) groups excluding carboxylic acids is 2. The SMILES string of the molecule is CC(=O)OCC1=C[C@@H]2OC(=O)C3=CO[C@@H](O[C@@H]4O[C@H](CO)[C@@H](O)[C@H](O)[C@H]4O)[C@H]1[C@H]32. The van der Waals surface area contributed by atoms with Crippen molar-refractivity contribution in [3.63, 3.8) is 0 Å². The van der Waals surface area contributed by atoms with Crippen LogP contribution < -0.4 is 0 Å². The molecular weight excluding hydrogens is 392 g/mol. The molecule has 2 saturated heterocycles. The zero-order chi connectivity index (χ0) is 20.9. The summed E-state index contributed by atoms with van der Waals surface area (Å²) in [6, 6.07) is 0. The van der Waals surface area contributed by atoms with Crippen molar-refractivity contribution in [2.75, 3.05) is 13.2 Å². The molecule has 0 spiro atoms. The Hall–Kier alpha value is -2.02. The fraction of sp³-hybridized carbons (Fsp3) is 0.667. The van der Waals surface area contributed by atoms with Crippen LogP contribution in [0.5, 0.6) is 0 Å². The molecule has 1 aliphatic carbocycles. The van der Waals surface area contributed by atoms with Gasteiger partial charge in [-0.2, -0.15) is 0 Å². The average molecular weight is 414 g/mol. The van der Waals surface area contributed by atoms with Crippen molar-refractivity contribution in [1.82, 2.24) is 0 Å². The summed E-state index contributed by atoms with van der Waals surface area (Å²) in [5.41, 5.74) is 0.936. The summed E-state index contributed by atoms with van der Waals surface area (Å²) in [7, 11) is 0. The average Bonchev–Trinajstić information content (AvgIpc) is 3.20. The van der Waals surface area contributed by atoms with Gasteiger partial charge in [0.15, 0.2) is 6.29 Å². The van der Waals surface area contributed by atoms with E-state index in [1.165, 1.54) is 13.2 Å². The molecule has 29 heavy (non-hydrogen) atoms. The van der Waals surface area contributed by atoms with Gasteiger partial charge in [0.05, 0.1) is 24.4 Å². The minimum absolute atomic E-state index is 0.0598. The van der Waals surface area contributed by atoms with Crippen molar-refractivity contribution in [2.45, 2.75) is 50.0 Å². The lowest BCUT2D eigenvalue weighted by atomic mass is 9.84. The topological polar surface area (TPSA) is 161 Å². The zero-order valence-electron chi connectivity index (χ0n) is 15.4. The summed E-state index contributed by atoms with van der Waals surface area (Å²) >= 11 is 0. The van der Waals surface area contributed by atoms with E-state index in [1.807, 2.05) is 0 Å². The lowest BCUT2D eigenvalue weighted by molar-refractivity contribution is -0.339. The maximum atomic E-state index is 12.0. The zero-order valence-corrected chi connectivity index (χ0v) is 15.4. The highest BCUT2D eigenvalue weighted by molar-refractivity contribution is 5.92. The third-order valence-corrected chi connectivity index (χ3v) is 5.57. The number of hydrogen-bond donors (Lipinski definition) is 4. The predicted molar refractivity (Wildman–Crippen MR) is 89.4 cm³/mol. The maximum absolute atomic E-state index is 12.0. The second kappa shape index (κ2) is 7.67. The summed E-state index contributed by atoms with van der Waals surface area (Å²) in [6.07, 6.45) is -6.03. The van der Waals surface area contributed by atoms with Crippen molar-refractivity contribution in [3.8, 4) is 0 Å². The van der Waals surface area contributed by atoms with Crippen molar-refractivity contribution in [2.24, 2.45) is 11.8 Å². The van der Waals surface area contributed by atoms with Crippen LogP contribution in [-0.2, 0) is 33.3 Å². The highest BCUT2D eigenvalue weighted by atomic mass is 16.8. The fourth-order valence-electron chi connectivity index (χ4n) is 4.12. The van der Waals surface area contributed by atoms with Crippen LogP contribution in [0, 0.1) is 11.8 Å². The standard InChI is InChI=1S/C18H22O11/c1-6(20)25-4-7-2-9-12-8(16(24)27-9)5-26-17(11(7)12)29-18-15(23)14(22)13(21)10(3-19)28-18/h2,5,9-15,17-19,21-23H,3-4H2,1H3/t9-,10+,11+,12+,13+,14-,15+,17-,18-/m0/s1. The van der Waals surface area contributed by atoms with E-state index in [-0.39, 0.29) is 6.61 Å². The van der Waals surface area contributed by atoms with Crippen LogP contribution in [0.1, 0.15) is 6.92 Å². The summed E-state index contributed by atoms with van der Waals surface area (Å²) in [4.78, 5) is 23.2. The van der Waals surface area contributed by atoms with Gasteiger partial charge in [0.1, 0.15) is 37.1 Å². The number of aliphatic hydroxyl groups is 4. The molecule has 4 rings (SSSR count). The van der Waals surface area contributed by atoms with Crippen LogP contribution in [0.25, 0.3) is 0 Å². The van der Waals surface area contributed by atoms with Gasteiger partial charge in [-0.15, -0.1) is 0 Å². The van der Waals surface area contributed by atoms with Crippen LogP contribution in [0.3, 0.4) is 0 Å². The van der Waals surface area contributed by atoms with E-state index in [0.29, 0.717) is 11.1 Å². The Labute approximate surface area is 165 Å². The van der Waals surface area contributed by atoms with Gasteiger partial charge >= 0.3 is 11.9 Å². The molecular formula is C18H22O11. The normalized spacial score (nSPS) is 43.1. The van der Waals surface area contributed by atoms with Gasteiger partial charge in [0, 0.05) is 12.8 Å². The second-order valence-electron chi connectivity index (χ2n) is 7.35. The molecule has 0 aromatic heterocycles. The molecule has 4 aliphatic rings. The van der Waals surface area contributed by atoms with E-state index in [2.05, 4.69) is 0 Å². The first kappa shape index (κ1) is 20.3. The molecule has 11 nitrogen and oxygen atoms in total. The Kier molecular flexibility index (Phi) is 5.36. The summed E-state index contributed by atoms with van der Waals surface area (Å²) < 4.78 is 27.0. The Morgan fingerprint density at radius 3 is 2.59 bits per heavy atom. The third kappa shape index (κ3) is 3.43. The Balaban J connectivity index is 1.56. The maximum Gasteiger partial charge on any atom is 0.338 e. The van der Waals surface area contributed by atoms with Gasteiger partial charge in [0.2, 0.25) is 6.29 Å². The first-order valence-electron chi connectivity index (χ1n) is 9.18. The first-order chi connectivity index (χ1) is 13.8. The van der Waals surface area contributed by atoms with E-state index < -0.39 is 73.5 Å². The summed E-state index contributed by atoms with van der Waals surface area (Å²) in [5.74, 6) is -1.99. The van der Waals surface area contributed by atoms with Crippen molar-refractivity contribution < 1.29 is 53.7 Å². The van der Waals surface area contributed by atoms with E-state index in [9.17, 15) is 30.0 Å². The minimum atomic E-state index is -1.61. The molecule has 0 aromatic carbocycles. The predicted octanol–water partition coefficient (Wildman–Crippen LogP) is -2.30. The third-order valence-electron chi connectivity index (χ3n) is 5.57. The van der Waals surface area contributed by atoms with Crippen LogP contribution in [0.2, 0.25) is 0 Å². The molecule has 9 atom stereocenters. The Morgan fingerprint density at radius 2 is 1.90 bits per heavy atom. The lowest BCUT2D eigenvalue weighted by Crippen LogP contribution is -2.60. The van der Waals surface area contributed by atoms with Gasteiger partial charge < -0.3 is 44.1 Å². The van der Waals surface area contributed by atoms with Crippen LogP contribution in [0.15, 0.2) is 23.5 Å². The highest BCUT2D eigenvalue weighted by Gasteiger charge is 2.56. The van der Waals surface area contributed by atoms with E-state index in [1.54, 1.807) is 6.08 Å². The smallest absolute Gasteiger partial charge is 0.338 e. The molecule has 160 valence electrons. The first-order valence-corrected chi connectivity index (χ1v) is 9.18. The summed E-state index contributed by atoms with van der Waals surface area (Å²) in [6.45, 7) is 0.602. The monoisotopic (exact) mass is 414 g/mol. The minimum Gasteiger partial charge on any atom is -0.471 e. The number of hydrogen-bond acceptors (Lipinski definition) is 11. The Morgan fingerprint density at radius 1 is 1.14 bits per heavy atom. The van der Waals surface area contributed by atoms with Crippen molar-refractivity contribution >= 4 is 11.9 Å². The van der Waals surface area contributed by atoms with Gasteiger partial charge in [-0.1, -0.05) is 0 Å². The van der Waals surface area contributed by atoms with E-state index in [0.717, 1.165) is 0 Å². The van der Waals surface area contributed by atoms with Gasteiger partial charge in [-0.05, 0) is 11.6 Å². The summed E-state index contributed by atoms with van der Waals surface area (Å²) in [5, 5.41) is 39.4. The molecule has 4 N–H and O–H groups in total.